The molecule has 6 aliphatic rings. The van der Waals surface area contributed by atoms with Crippen LogP contribution in [0.3, 0.4) is 0 Å². The maximum atomic E-state index is 14.6. The highest BCUT2D eigenvalue weighted by Crippen LogP contribution is 2.51. The fraction of sp³-hybridized carbons (Fsp3) is 0.783. The lowest BCUT2D eigenvalue weighted by Gasteiger charge is -2.54. The van der Waals surface area contributed by atoms with Crippen LogP contribution in [0.15, 0.2) is 0 Å². The number of carbonyl (C=O) groups excluding carboxylic acids is 1. The molecule has 2 unspecified atom stereocenters. The first kappa shape index (κ1) is 20.6. The number of hydrogen-bond donors (Lipinski definition) is 1. The molecule has 0 spiro atoms. The summed E-state index contributed by atoms with van der Waals surface area (Å²) in [6, 6.07) is 0.297. The van der Waals surface area contributed by atoms with Crippen molar-refractivity contribution >= 4 is 17.7 Å². The minimum atomic E-state index is -2.87. The van der Waals surface area contributed by atoms with E-state index < -0.39 is 5.92 Å². The molecular formula is C23H32F2N6O. The molecule has 4 aliphatic heterocycles. The summed E-state index contributed by atoms with van der Waals surface area (Å²) in [5, 5.41) is 3.29. The quantitative estimate of drug-likeness (QED) is 0.764. The number of amides is 1. The molecule has 32 heavy (non-hydrogen) atoms. The molecule has 1 N–H and O–H groups in total. The second-order valence-electron chi connectivity index (χ2n) is 10.4. The number of rotatable bonds is 4. The van der Waals surface area contributed by atoms with Crippen LogP contribution in [-0.2, 0) is 17.1 Å². The molecule has 0 aromatic carbocycles. The molecule has 1 aromatic rings. The summed E-state index contributed by atoms with van der Waals surface area (Å²) >= 11 is 0. The molecule has 0 radical (unpaired) electrons. The van der Waals surface area contributed by atoms with Crippen molar-refractivity contribution in [1.29, 1.82) is 0 Å². The summed E-state index contributed by atoms with van der Waals surface area (Å²) in [6.07, 6.45) is 2.97. The predicted octanol–water partition coefficient (Wildman–Crippen LogP) is 2.01. The third-order valence-corrected chi connectivity index (χ3v) is 8.49. The lowest BCUT2D eigenvalue weighted by molar-refractivity contribution is -0.135. The Kier molecular flexibility index (Phi) is 4.82. The number of fused-ring (bicyclic) bond motifs is 3. The van der Waals surface area contributed by atoms with E-state index in [1.807, 2.05) is 9.80 Å². The van der Waals surface area contributed by atoms with Gasteiger partial charge in [0.2, 0.25) is 11.9 Å². The van der Waals surface area contributed by atoms with Gasteiger partial charge in [-0.05, 0) is 43.9 Å². The second kappa shape index (κ2) is 7.50. The molecule has 2 bridgehead atoms. The summed E-state index contributed by atoms with van der Waals surface area (Å²) in [4.78, 5) is 28.2. The Morgan fingerprint density at radius 2 is 1.91 bits per heavy atom. The number of anilines is 2. The van der Waals surface area contributed by atoms with Crippen molar-refractivity contribution in [3.05, 3.63) is 11.3 Å². The number of hydrogen-bond acceptors (Lipinski definition) is 6. The third-order valence-electron chi connectivity index (χ3n) is 8.49. The average Bonchev–Trinajstić information content (AvgIpc) is 3.11. The van der Waals surface area contributed by atoms with E-state index in [2.05, 4.69) is 22.1 Å². The van der Waals surface area contributed by atoms with Gasteiger partial charge in [-0.25, -0.2) is 4.98 Å². The first-order valence-electron chi connectivity index (χ1n) is 12.2. The van der Waals surface area contributed by atoms with Crippen molar-refractivity contribution in [3.63, 3.8) is 0 Å². The molecule has 9 heteroatoms. The highest BCUT2D eigenvalue weighted by Gasteiger charge is 2.50. The van der Waals surface area contributed by atoms with Crippen LogP contribution in [0, 0.1) is 17.8 Å². The average molecular weight is 447 g/mol. The Morgan fingerprint density at radius 3 is 2.56 bits per heavy atom. The largest absolute Gasteiger partial charge is 0.356 e. The van der Waals surface area contributed by atoms with Gasteiger partial charge in [0.25, 0.3) is 5.92 Å². The zero-order valence-electron chi connectivity index (χ0n) is 18.7. The van der Waals surface area contributed by atoms with Crippen LogP contribution >= 0.6 is 0 Å². The Labute approximate surface area is 187 Å². The predicted molar refractivity (Wildman–Crippen MR) is 117 cm³/mol. The van der Waals surface area contributed by atoms with Crippen molar-refractivity contribution in [2.75, 3.05) is 55.6 Å². The Balaban J connectivity index is 1.21. The van der Waals surface area contributed by atoms with Gasteiger partial charge in [0.1, 0.15) is 11.5 Å². The van der Waals surface area contributed by atoms with Gasteiger partial charge in [-0.3, -0.25) is 4.79 Å². The van der Waals surface area contributed by atoms with E-state index in [0.717, 1.165) is 64.5 Å². The highest BCUT2D eigenvalue weighted by atomic mass is 19.3. The summed E-state index contributed by atoms with van der Waals surface area (Å²) in [7, 11) is 0. The molecule has 174 valence electrons. The zero-order chi connectivity index (χ0) is 22.0. The van der Waals surface area contributed by atoms with E-state index >= 15 is 0 Å². The van der Waals surface area contributed by atoms with Gasteiger partial charge >= 0.3 is 0 Å². The van der Waals surface area contributed by atoms with E-state index in [9.17, 15) is 13.6 Å². The van der Waals surface area contributed by atoms with Gasteiger partial charge in [0, 0.05) is 70.3 Å². The molecule has 7 nitrogen and oxygen atoms in total. The normalized spacial score (nSPS) is 32.9. The summed E-state index contributed by atoms with van der Waals surface area (Å²) in [6.45, 7) is 7.87. The van der Waals surface area contributed by atoms with Crippen LogP contribution in [0.4, 0.5) is 20.5 Å². The maximum absolute atomic E-state index is 14.6. The minimum absolute atomic E-state index is 0.0544. The Bertz CT molecular complexity index is 908. The number of alkyl halides is 2. The van der Waals surface area contributed by atoms with Crippen LogP contribution in [0.5, 0.6) is 0 Å². The molecule has 1 aromatic heterocycles. The van der Waals surface area contributed by atoms with Crippen LogP contribution in [0.2, 0.25) is 0 Å². The number of nitrogens with zero attached hydrogens (tertiary/aromatic N) is 5. The van der Waals surface area contributed by atoms with E-state index in [1.165, 1.54) is 0 Å². The molecule has 1 amide bonds. The van der Waals surface area contributed by atoms with Crippen LogP contribution in [0.25, 0.3) is 0 Å². The van der Waals surface area contributed by atoms with Crippen LogP contribution in [0.1, 0.15) is 43.9 Å². The van der Waals surface area contributed by atoms with Crippen molar-refractivity contribution in [1.82, 2.24) is 20.2 Å². The maximum Gasteiger partial charge on any atom is 0.290 e. The third kappa shape index (κ3) is 3.26. The molecule has 2 aliphatic carbocycles. The first-order valence-corrected chi connectivity index (χ1v) is 12.2. The number of carbonyl (C=O) groups is 1. The molecular weight excluding hydrogens is 414 g/mol. The highest BCUT2D eigenvalue weighted by molar-refractivity contribution is 5.77. The first-order chi connectivity index (χ1) is 15.4. The number of aromatic nitrogens is 2. The van der Waals surface area contributed by atoms with E-state index in [4.69, 9.17) is 4.98 Å². The monoisotopic (exact) mass is 446 g/mol. The Morgan fingerprint density at radius 1 is 1.16 bits per heavy atom. The zero-order valence-corrected chi connectivity index (χ0v) is 18.7. The van der Waals surface area contributed by atoms with Crippen LogP contribution < -0.4 is 15.1 Å². The van der Waals surface area contributed by atoms with Gasteiger partial charge in [-0.15, -0.1) is 0 Å². The van der Waals surface area contributed by atoms with Gasteiger partial charge in [0.15, 0.2) is 0 Å². The molecule has 5 fully saturated rings. The van der Waals surface area contributed by atoms with Gasteiger partial charge in [-0.1, -0.05) is 0 Å². The number of nitrogens with one attached hydrogen (secondary N) is 1. The lowest BCUT2D eigenvalue weighted by Crippen LogP contribution is -2.57. The van der Waals surface area contributed by atoms with Crippen molar-refractivity contribution in [2.45, 2.75) is 51.0 Å². The summed E-state index contributed by atoms with van der Waals surface area (Å²) in [5.74, 6) is -0.103. The van der Waals surface area contributed by atoms with E-state index in [-0.39, 0.29) is 18.0 Å². The molecule has 3 atom stereocenters. The van der Waals surface area contributed by atoms with Crippen molar-refractivity contribution < 1.29 is 13.6 Å². The smallest absolute Gasteiger partial charge is 0.290 e. The summed E-state index contributed by atoms with van der Waals surface area (Å²) in [5.41, 5.74) is 0.586. The topological polar surface area (TPSA) is 64.6 Å². The van der Waals surface area contributed by atoms with Crippen molar-refractivity contribution in [3.8, 4) is 0 Å². The molecule has 5 heterocycles. The lowest BCUT2D eigenvalue weighted by atomic mass is 9.60. The van der Waals surface area contributed by atoms with E-state index in [0.29, 0.717) is 48.1 Å². The number of halogens is 2. The Hall–Kier alpha value is -2.03. The minimum Gasteiger partial charge on any atom is -0.356 e. The SMILES string of the molecule is C[C@H]1CCN1c1nc(N2CC3CC(C2)C3CC(=O)N2CCNCC2)c2c(n1)C(F)(F)CC2. The van der Waals surface area contributed by atoms with Crippen LogP contribution in [-0.4, -0.2) is 72.6 Å². The van der Waals surface area contributed by atoms with Gasteiger partial charge in [0.05, 0.1) is 0 Å². The van der Waals surface area contributed by atoms with E-state index in [1.54, 1.807) is 0 Å². The molecule has 1 saturated carbocycles. The fourth-order valence-electron chi connectivity index (χ4n) is 6.34. The van der Waals surface area contributed by atoms with Gasteiger partial charge < -0.3 is 20.0 Å². The molecule has 7 rings (SSSR count). The second-order valence-corrected chi connectivity index (χ2v) is 10.4. The summed E-state index contributed by atoms with van der Waals surface area (Å²) < 4.78 is 29.3. The number of piperidine rings is 2. The fourth-order valence-corrected chi connectivity index (χ4v) is 6.34. The molecule has 4 saturated heterocycles. The van der Waals surface area contributed by atoms with Crippen molar-refractivity contribution in [2.24, 2.45) is 17.8 Å². The number of piperazine rings is 1. The standard InChI is InChI=1S/C23H32F2N6O/c1-14-3-7-31(14)22-27-20-17(2-4-23(20,24)25)21(28-22)30-12-15-10-16(13-30)18(15)11-19(32)29-8-5-26-6-9-29/h14-16,18,26H,2-13H2,1H3/t14-,15?,16?,18?/m0/s1. The van der Waals surface area contributed by atoms with Gasteiger partial charge in [-0.2, -0.15) is 13.8 Å².